The zero-order valence-electron chi connectivity index (χ0n) is 10.7. The molecule has 2 aromatic heterocycles. The van der Waals surface area contributed by atoms with Gasteiger partial charge in [0, 0.05) is 18.8 Å². The standard InChI is InChI=1S/C13H12ClFN4S/c1-8-6-16-18(7-8)2-3-19-12-5-10(15)9(14)4-11(12)17-13(19)20/h4-7H,2-3H2,1H3,(H,17,20). The zero-order valence-corrected chi connectivity index (χ0v) is 12.3. The summed E-state index contributed by atoms with van der Waals surface area (Å²) < 4.78 is 17.8. The highest BCUT2D eigenvalue weighted by Crippen LogP contribution is 2.22. The van der Waals surface area contributed by atoms with Crippen LogP contribution in [0.2, 0.25) is 5.02 Å². The van der Waals surface area contributed by atoms with Crippen LogP contribution in [0.1, 0.15) is 5.56 Å². The van der Waals surface area contributed by atoms with E-state index in [1.54, 1.807) is 12.3 Å². The lowest BCUT2D eigenvalue weighted by atomic mass is 10.3. The van der Waals surface area contributed by atoms with Crippen LogP contribution in [-0.2, 0) is 13.1 Å². The Labute approximate surface area is 124 Å². The quantitative estimate of drug-likeness (QED) is 0.749. The average molecular weight is 311 g/mol. The molecule has 0 saturated carbocycles. The Morgan fingerprint density at radius 1 is 1.40 bits per heavy atom. The van der Waals surface area contributed by atoms with Gasteiger partial charge in [-0.15, -0.1) is 0 Å². The van der Waals surface area contributed by atoms with Gasteiger partial charge < -0.3 is 9.55 Å². The van der Waals surface area contributed by atoms with E-state index in [9.17, 15) is 4.39 Å². The van der Waals surface area contributed by atoms with Gasteiger partial charge in [0.1, 0.15) is 5.82 Å². The number of benzene rings is 1. The van der Waals surface area contributed by atoms with E-state index in [-0.39, 0.29) is 5.02 Å². The van der Waals surface area contributed by atoms with E-state index in [0.29, 0.717) is 23.4 Å². The third-order valence-electron chi connectivity index (χ3n) is 3.13. The molecule has 0 bridgehead atoms. The molecule has 0 saturated heterocycles. The Hall–Kier alpha value is -1.66. The molecule has 104 valence electrons. The lowest BCUT2D eigenvalue weighted by Crippen LogP contribution is -2.07. The molecule has 3 aromatic rings. The van der Waals surface area contributed by atoms with E-state index in [1.165, 1.54) is 6.07 Å². The van der Waals surface area contributed by atoms with Crippen LogP contribution in [0.15, 0.2) is 24.5 Å². The van der Waals surface area contributed by atoms with E-state index < -0.39 is 5.82 Å². The lowest BCUT2D eigenvalue weighted by molar-refractivity contribution is 0.537. The molecule has 2 heterocycles. The van der Waals surface area contributed by atoms with Crippen molar-refractivity contribution in [2.24, 2.45) is 0 Å². The lowest BCUT2D eigenvalue weighted by Gasteiger charge is -2.05. The summed E-state index contributed by atoms with van der Waals surface area (Å²) in [5.74, 6) is -0.447. The second-order valence-electron chi connectivity index (χ2n) is 4.65. The molecule has 0 unspecified atom stereocenters. The zero-order chi connectivity index (χ0) is 14.3. The van der Waals surface area contributed by atoms with Crippen LogP contribution >= 0.6 is 23.8 Å². The van der Waals surface area contributed by atoms with Crippen LogP contribution in [0.4, 0.5) is 4.39 Å². The van der Waals surface area contributed by atoms with Crippen molar-refractivity contribution in [2.45, 2.75) is 20.0 Å². The average Bonchev–Trinajstić information content (AvgIpc) is 2.92. The van der Waals surface area contributed by atoms with Gasteiger partial charge >= 0.3 is 0 Å². The Morgan fingerprint density at radius 3 is 2.90 bits per heavy atom. The van der Waals surface area contributed by atoms with Crippen molar-refractivity contribution in [2.75, 3.05) is 0 Å². The number of nitrogens with zero attached hydrogens (tertiary/aromatic N) is 3. The van der Waals surface area contributed by atoms with Crippen LogP contribution in [0.25, 0.3) is 11.0 Å². The summed E-state index contributed by atoms with van der Waals surface area (Å²) in [4.78, 5) is 3.03. The topological polar surface area (TPSA) is 38.5 Å². The maximum Gasteiger partial charge on any atom is 0.178 e. The molecule has 0 atom stereocenters. The second kappa shape index (κ2) is 5.03. The van der Waals surface area contributed by atoms with Crippen molar-refractivity contribution < 1.29 is 4.39 Å². The van der Waals surface area contributed by atoms with Gasteiger partial charge in [-0.05, 0) is 30.8 Å². The number of aryl methyl sites for hydroxylation is 3. The summed E-state index contributed by atoms with van der Waals surface area (Å²) in [5, 5.41) is 4.31. The number of aromatic amines is 1. The van der Waals surface area contributed by atoms with E-state index >= 15 is 0 Å². The summed E-state index contributed by atoms with van der Waals surface area (Å²) in [6, 6.07) is 2.95. The summed E-state index contributed by atoms with van der Waals surface area (Å²) in [6.07, 6.45) is 3.75. The second-order valence-corrected chi connectivity index (χ2v) is 5.44. The van der Waals surface area contributed by atoms with Crippen molar-refractivity contribution in [3.05, 3.63) is 45.7 Å². The Kier molecular flexibility index (Phi) is 3.35. The van der Waals surface area contributed by atoms with Crippen molar-refractivity contribution in [1.82, 2.24) is 19.3 Å². The summed E-state index contributed by atoms with van der Waals surface area (Å²) in [5.41, 5.74) is 2.55. The largest absolute Gasteiger partial charge is 0.331 e. The number of imidazole rings is 1. The summed E-state index contributed by atoms with van der Waals surface area (Å²) >= 11 is 11.0. The first-order chi connectivity index (χ1) is 9.54. The molecule has 20 heavy (non-hydrogen) atoms. The van der Waals surface area contributed by atoms with Crippen molar-refractivity contribution >= 4 is 34.9 Å². The molecule has 0 aliphatic rings. The molecule has 4 nitrogen and oxygen atoms in total. The number of rotatable bonds is 3. The van der Waals surface area contributed by atoms with Gasteiger partial charge in [0.15, 0.2) is 4.77 Å². The molecule has 0 aliphatic heterocycles. The minimum absolute atomic E-state index is 0.0867. The highest BCUT2D eigenvalue weighted by atomic mass is 35.5. The predicted octanol–water partition coefficient (Wildman–Crippen LogP) is 3.70. The molecular weight excluding hydrogens is 299 g/mol. The molecule has 0 spiro atoms. The van der Waals surface area contributed by atoms with E-state index in [4.69, 9.17) is 23.8 Å². The molecule has 3 rings (SSSR count). The number of nitrogens with one attached hydrogen (secondary N) is 1. The third-order valence-corrected chi connectivity index (χ3v) is 3.74. The van der Waals surface area contributed by atoms with Gasteiger partial charge in [-0.3, -0.25) is 4.68 Å². The minimum atomic E-state index is -0.447. The van der Waals surface area contributed by atoms with Crippen LogP contribution in [0.5, 0.6) is 0 Å². The smallest absolute Gasteiger partial charge is 0.178 e. The molecule has 1 aromatic carbocycles. The van der Waals surface area contributed by atoms with Crippen molar-refractivity contribution in [3.63, 3.8) is 0 Å². The molecular formula is C13H12ClFN4S. The van der Waals surface area contributed by atoms with Crippen LogP contribution in [-0.4, -0.2) is 19.3 Å². The number of hydrogen-bond acceptors (Lipinski definition) is 2. The van der Waals surface area contributed by atoms with Crippen molar-refractivity contribution in [1.29, 1.82) is 0 Å². The first-order valence-corrected chi connectivity index (χ1v) is 6.90. The number of hydrogen-bond donors (Lipinski definition) is 1. The first-order valence-electron chi connectivity index (χ1n) is 6.11. The predicted molar refractivity (Wildman–Crippen MR) is 79.1 cm³/mol. The maximum atomic E-state index is 13.6. The summed E-state index contributed by atoms with van der Waals surface area (Å²) in [7, 11) is 0. The number of halogens is 2. The fourth-order valence-corrected chi connectivity index (χ4v) is 2.63. The summed E-state index contributed by atoms with van der Waals surface area (Å²) in [6.45, 7) is 3.26. The van der Waals surface area contributed by atoms with Crippen LogP contribution < -0.4 is 0 Å². The Bertz CT molecular complexity index is 833. The van der Waals surface area contributed by atoms with Crippen molar-refractivity contribution in [3.8, 4) is 0 Å². The molecule has 0 radical (unpaired) electrons. The fraction of sp³-hybridized carbons (Fsp3) is 0.231. The normalized spacial score (nSPS) is 11.3. The van der Waals surface area contributed by atoms with Gasteiger partial charge in [0.05, 0.1) is 28.8 Å². The van der Waals surface area contributed by atoms with Gasteiger partial charge in [0.25, 0.3) is 0 Å². The highest BCUT2D eigenvalue weighted by molar-refractivity contribution is 7.71. The molecule has 0 fully saturated rings. The van der Waals surface area contributed by atoms with E-state index in [2.05, 4.69) is 10.1 Å². The maximum absolute atomic E-state index is 13.6. The van der Waals surface area contributed by atoms with E-state index in [1.807, 2.05) is 22.4 Å². The van der Waals surface area contributed by atoms with Crippen LogP contribution in [0, 0.1) is 17.5 Å². The molecule has 7 heteroatoms. The molecule has 0 aliphatic carbocycles. The Balaban J connectivity index is 1.96. The van der Waals surface area contributed by atoms with E-state index in [0.717, 1.165) is 11.1 Å². The van der Waals surface area contributed by atoms with Gasteiger partial charge in [-0.1, -0.05) is 11.6 Å². The monoisotopic (exact) mass is 310 g/mol. The number of H-pyrrole nitrogens is 1. The SMILES string of the molecule is Cc1cnn(CCn2c(=S)[nH]c3cc(Cl)c(F)cc32)c1. The number of aromatic nitrogens is 4. The highest BCUT2D eigenvalue weighted by Gasteiger charge is 2.09. The molecule has 0 amide bonds. The van der Waals surface area contributed by atoms with Gasteiger partial charge in [0.2, 0.25) is 0 Å². The minimum Gasteiger partial charge on any atom is -0.331 e. The third kappa shape index (κ3) is 2.36. The molecule has 1 N–H and O–H groups in total. The number of fused-ring (bicyclic) bond motifs is 1. The van der Waals surface area contributed by atoms with Gasteiger partial charge in [-0.25, -0.2) is 4.39 Å². The fourth-order valence-electron chi connectivity index (χ4n) is 2.17. The first kappa shape index (κ1) is 13.3. The van der Waals surface area contributed by atoms with Crippen LogP contribution in [0.3, 0.4) is 0 Å². The van der Waals surface area contributed by atoms with Gasteiger partial charge in [-0.2, -0.15) is 5.10 Å². The Morgan fingerprint density at radius 2 is 2.20 bits per heavy atom.